The molecular formula is C26H30N4. The minimum Gasteiger partial charge on any atom is -0.342 e. The summed E-state index contributed by atoms with van der Waals surface area (Å²) < 4.78 is 0. The first-order chi connectivity index (χ1) is 14.7. The minimum absolute atomic E-state index is 0.942. The summed E-state index contributed by atoms with van der Waals surface area (Å²) in [4.78, 5) is 15.5. The molecule has 3 aromatic carbocycles. The predicted molar refractivity (Wildman–Crippen MR) is 129 cm³/mol. The number of aromatic amines is 2. The van der Waals surface area contributed by atoms with Crippen molar-refractivity contribution in [2.24, 2.45) is 0 Å². The summed E-state index contributed by atoms with van der Waals surface area (Å²) in [7, 11) is 0. The molecule has 30 heavy (non-hydrogen) atoms. The van der Waals surface area contributed by atoms with Crippen molar-refractivity contribution in [2.75, 3.05) is 0 Å². The van der Waals surface area contributed by atoms with Crippen molar-refractivity contribution in [3.63, 3.8) is 0 Å². The van der Waals surface area contributed by atoms with E-state index in [-0.39, 0.29) is 0 Å². The number of H-pyrrole nitrogens is 2. The van der Waals surface area contributed by atoms with Gasteiger partial charge in [-0.3, -0.25) is 0 Å². The third-order valence-corrected chi connectivity index (χ3v) is 4.75. The number of fused-ring (bicyclic) bond motifs is 2. The number of aryl methyl sites for hydroxylation is 2. The normalized spacial score (nSPS) is 10.3. The topological polar surface area (TPSA) is 57.4 Å². The van der Waals surface area contributed by atoms with E-state index >= 15 is 0 Å². The molecule has 5 aromatic rings. The van der Waals surface area contributed by atoms with Crippen LogP contribution in [0.25, 0.3) is 44.3 Å². The van der Waals surface area contributed by atoms with Gasteiger partial charge < -0.3 is 9.97 Å². The van der Waals surface area contributed by atoms with Gasteiger partial charge in [0, 0.05) is 0 Å². The highest BCUT2D eigenvalue weighted by molar-refractivity contribution is 5.84. The van der Waals surface area contributed by atoms with Crippen LogP contribution in [-0.2, 0) is 0 Å². The molecule has 0 unspecified atom stereocenters. The smallest absolute Gasteiger partial charge is 0.104 e. The molecule has 2 N–H and O–H groups in total. The summed E-state index contributed by atoms with van der Waals surface area (Å²) in [5.74, 6) is 1.88. The molecule has 0 spiro atoms. The maximum absolute atomic E-state index is 4.46. The van der Waals surface area contributed by atoms with Crippen LogP contribution in [0.1, 0.15) is 39.3 Å². The largest absolute Gasteiger partial charge is 0.342 e. The summed E-state index contributed by atoms with van der Waals surface area (Å²) in [6.07, 6.45) is 0. The van der Waals surface area contributed by atoms with Crippen LogP contribution in [0.5, 0.6) is 0 Å². The molecule has 0 amide bonds. The average Bonchev–Trinajstić information content (AvgIpc) is 3.35. The monoisotopic (exact) mass is 398 g/mol. The lowest BCUT2D eigenvalue weighted by molar-refractivity contribution is 1.17. The summed E-state index contributed by atoms with van der Waals surface area (Å²) in [6.45, 7) is 12.0. The van der Waals surface area contributed by atoms with Crippen molar-refractivity contribution in [3.05, 3.63) is 72.3 Å². The third-order valence-electron chi connectivity index (χ3n) is 4.75. The zero-order chi connectivity index (χ0) is 21.7. The van der Waals surface area contributed by atoms with Crippen molar-refractivity contribution in [3.8, 4) is 22.3 Å². The number of hydrogen-bond acceptors (Lipinski definition) is 2. The number of benzene rings is 3. The van der Waals surface area contributed by atoms with Gasteiger partial charge >= 0.3 is 0 Å². The Morgan fingerprint density at radius 3 is 1.20 bits per heavy atom. The van der Waals surface area contributed by atoms with E-state index in [1.54, 1.807) is 0 Å². The van der Waals surface area contributed by atoms with Crippen molar-refractivity contribution >= 4 is 22.1 Å². The molecule has 5 rings (SSSR count). The number of rotatable bonds is 2. The van der Waals surface area contributed by atoms with Crippen LogP contribution < -0.4 is 0 Å². The first-order valence-corrected chi connectivity index (χ1v) is 10.7. The second kappa shape index (κ2) is 9.40. The van der Waals surface area contributed by atoms with E-state index in [1.807, 2.05) is 41.5 Å². The van der Waals surface area contributed by atoms with Crippen LogP contribution in [-0.4, -0.2) is 19.9 Å². The first kappa shape index (κ1) is 21.3. The molecule has 0 saturated carbocycles. The van der Waals surface area contributed by atoms with Gasteiger partial charge in [0.05, 0.1) is 22.1 Å². The summed E-state index contributed by atoms with van der Waals surface area (Å²) in [5.41, 5.74) is 8.92. The molecule has 0 fully saturated rings. The second-order valence-electron chi connectivity index (χ2n) is 6.69. The summed E-state index contributed by atoms with van der Waals surface area (Å²) in [5, 5.41) is 0. The standard InChI is InChI=1S/C22H18N4.2C2H6/c1-13-23-19-9-7-17(11-21(19)25-13)15-3-5-16(6-4-15)18-8-10-20-22(12-18)26-14(2)24-20;2*1-2/h3-12H,1-2H3,(H,23,25)(H,24,26);2*1-2H3. The maximum Gasteiger partial charge on any atom is 0.104 e. The number of hydrogen-bond donors (Lipinski definition) is 2. The number of imidazole rings is 2. The van der Waals surface area contributed by atoms with Gasteiger partial charge in [-0.2, -0.15) is 0 Å². The Morgan fingerprint density at radius 1 is 0.500 bits per heavy atom. The van der Waals surface area contributed by atoms with Gasteiger partial charge in [-0.15, -0.1) is 0 Å². The van der Waals surface area contributed by atoms with Crippen LogP contribution in [0.4, 0.5) is 0 Å². The molecule has 0 radical (unpaired) electrons. The van der Waals surface area contributed by atoms with Crippen LogP contribution in [0, 0.1) is 13.8 Å². The Morgan fingerprint density at radius 2 is 0.833 bits per heavy atom. The Hall–Kier alpha value is -3.40. The minimum atomic E-state index is 0.942. The molecule has 2 heterocycles. The van der Waals surface area contributed by atoms with Gasteiger partial charge in [-0.25, -0.2) is 9.97 Å². The van der Waals surface area contributed by atoms with Crippen molar-refractivity contribution in [1.29, 1.82) is 0 Å². The van der Waals surface area contributed by atoms with Gasteiger partial charge in [0.1, 0.15) is 11.6 Å². The summed E-state index contributed by atoms with van der Waals surface area (Å²) >= 11 is 0. The molecule has 0 saturated heterocycles. The van der Waals surface area contributed by atoms with E-state index in [1.165, 1.54) is 22.3 Å². The summed E-state index contributed by atoms with van der Waals surface area (Å²) in [6, 6.07) is 21.4. The van der Waals surface area contributed by atoms with E-state index in [2.05, 4.69) is 80.6 Å². The molecular weight excluding hydrogens is 368 g/mol. The van der Waals surface area contributed by atoms with Crippen LogP contribution in [0.2, 0.25) is 0 Å². The molecule has 2 aromatic heterocycles. The molecule has 0 aliphatic rings. The van der Waals surface area contributed by atoms with Gasteiger partial charge in [0.15, 0.2) is 0 Å². The molecule has 0 bridgehead atoms. The lowest BCUT2D eigenvalue weighted by Crippen LogP contribution is -1.82. The Kier molecular flexibility index (Phi) is 6.68. The second-order valence-corrected chi connectivity index (χ2v) is 6.69. The van der Waals surface area contributed by atoms with Crippen LogP contribution >= 0.6 is 0 Å². The SMILES string of the molecule is CC.CC.Cc1nc2ccc(-c3ccc(-c4ccc5nc(C)[nH]c5c4)cc3)cc2[nH]1. The first-order valence-electron chi connectivity index (χ1n) is 10.7. The fourth-order valence-corrected chi connectivity index (χ4v) is 3.49. The molecule has 0 aliphatic heterocycles. The highest BCUT2D eigenvalue weighted by Gasteiger charge is 2.06. The number of nitrogens with one attached hydrogen (secondary N) is 2. The Balaban J connectivity index is 0.000000606. The maximum atomic E-state index is 4.46. The highest BCUT2D eigenvalue weighted by atomic mass is 14.9. The molecule has 154 valence electrons. The van der Waals surface area contributed by atoms with Crippen molar-refractivity contribution in [2.45, 2.75) is 41.5 Å². The molecule has 4 heteroatoms. The zero-order valence-electron chi connectivity index (χ0n) is 18.7. The fourth-order valence-electron chi connectivity index (χ4n) is 3.49. The van der Waals surface area contributed by atoms with Gasteiger partial charge in [-0.1, -0.05) is 64.1 Å². The lowest BCUT2D eigenvalue weighted by Gasteiger charge is -2.05. The van der Waals surface area contributed by atoms with Crippen LogP contribution in [0.3, 0.4) is 0 Å². The van der Waals surface area contributed by atoms with E-state index in [0.29, 0.717) is 0 Å². The number of nitrogens with zero attached hydrogens (tertiary/aromatic N) is 2. The molecule has 4 nitrogen and oxygen atoms in total. The average molecular weight is 399 g/mol. The van der Waals surface area contributed by atoms with Gasteiger partial charge in [-0.05, 0) is 60.4 Å². The van der Waals surface area contributed by atoms with Gasteiger partial charge in [0.2, 0.25) is 0 Å². The van der Waals surface area contributed by atoms with Gasteiger partial charge in [0.25, 0.3) is 0 Å². The van der Waals surface area contributed by atoms with Crippen molar-refractivity contribution in [1.82, 2.24) is 19.9 Å². The zero-order valence-corrected chi connectivity index (χ0v) is 18.7. The quantitative estimate of drug-likeness (QED) is 0.324. The Labute approximate surface area is 178 Å². The van der Waals surface area contributed by atoms with Crippen LogP contribution in [0.15, 0.2) is 60.7 Å². The Bertz CT molecular complexity index is 1140. The number of aromatic nitrogens is 4. The predicted octanol–water partition coefficient (Wildman–Crippen LogP) is 7.44. The highest BCUT2D eigenvalue weighted by Crippen LogP contribution is 2.28. The third kappa shape index (κ3) is 4.28. The van der Waals surface area contributed by atoms with E-state index in [9.17, 15) is 0 Å². The lowest BCUT2D eigenvalue weighted by atomic mass is 10.00. The molecule has 0 atom stereocenters. The van der Waals surface area contributed by atoms with E-state index < -0.39 is 0 Å². The molecule has 0 aliphatic carbocycles. The van der Waals surface area contributed by atoms with E-state index in [4.69, 9.17) is 0 Å². The van der Waals surface area contributed by atoms with E-state index in [0.717, 1.165) is 33.7 Å². The van der Waals surface area contributed by atoms with Crippen molar-refractivity contribution < 1.29 is 0 Å². The fraction of sp³-hybridized carbons (Fsp3) is 0.231.